The van der Waals surface area contributed by atoms with Gasteiger partial charge >= 0.3 is 0 Å². The maximum Gasteiger partial charge on any atom is 0.236 e. The van der Waals surface area contributed by atoms with Crippen LogP contribution in [0.25, 0.3) is 11.0 Å². The molecule has 0 radical (unpaired) electrons. The van der Waals surface area contributed by atoms with E-state index >= 15 is 0 Å². The molecule has 5 heteroatoms. The van der Waals surface area contributed by atoms with Crippen LogP contribution in [0, 0.1) is 0 Å². The molecule has 0 aliphatic carbocycles. The Morgan fingerprint density at radius 1 is 1.20 bits per heavy atom. The van der Waals surface area contributed by atoms with Crippen LogP contribution in [-0.4, -0.2) is 15.0 Å². The third-order valence-corrected chi connectivity index (χ3v) is 3.67. The van der Waals surface area contributed by atoms with E-state index in [1.54, 1.807) is 23.7 Å². The first kappa shape index (κ1) is 13.0. The van der Waals surface area contributed by atoms with Gasteiger partial charge in [0.2, 0.25) is 5.88 Å². The third kappa shape index (κ3) is 2.63. The summed E-state index contributed by atoms with van der Waals surface area (Å²) in [5.74, 6) is 0.894. The van der Waals surface area contributed by atoms with E-state index in [2.05, 4.69) is 28.8 Å². The van der Waals surface area contributed by atoms with Crippen LogP contribution in [0.4, 0.5) is 0 Å². The van der Waals surface area contributed by atoms with Crippen molar-refractivity contribution < 1.29 is 4.74 Å². The summed E-state index contributed by atoms with van der Waals surface area (Å²) in [6.07, 6.45) is 3.55. The highest BCUT2D eigenvalue weighted by atomic mass is 32.1. The van der Waals surface area contributed by atoms with Gasteiger partial charge in [-0.05, 0) is 6.07 Å². The van der Waals surface area contributed by atoms with E-state index in [-0.39, 0.29) is 5.92 Å². The van der Waals surface area contributed by atoms with Crippen molar-refractivity contribution in [2.75, 3.05) is 0 Å². The van der Waals surface area contributed by atoms with Gasteiger partial charge in [-0.3, -0.25) is 4.98 Å². The molecule has 0 aromatic carbocycles. The maximum absolute atomic E-state index is 5.85. The summed E-state index contributed by atoms with van der Waals surface area (Å²) in [6, 6.07) is 3.88. The van der Waals surface area contributed by atoms with Crippen LogP contribution in [0.15, 0.2) is 35.3 Å². The highest BCUT2D eigenvalue weighted by molar-refractivity contribution is 7.09. The molecule has 0 fully saturated rings. The second kappa shape index (κ2) is 5.54. The van der Waals surface area contributed by atoms with Crippen LogP contribution in [-0.2, 0) is 6.61 Å². The van der Waals surface area contributed by atoms with Crippen molar-refractivity contribution in [2.45, 2.75) is 26.4 Å². The lowest BCUT2D eigenvalue weighted by Crippen LogP contribution is -2.04. The molecule has 20 heavy (non-hydrogen) atoms. The molecule has 3 rings (SSSR count). The quantitative estimate of drug-likeness (QED) is 0.731. The van der Waals surface area contributed by atoms with E-state index in [1.807, 2.05) is 22.9 Å². The largest absolute Gasteiger partial charge is 0.471 e. The number of hydrogen-bond donors (Lipinski definition) is 0. The smallest absolute Gasteiger partial charge is 0.236 e. The number of hydrogen-bond acceptors (Lipinski definition) is 5. The second-order valence-electron chi connectivity index (χ2n) is 4.86. The number of nitrogens with zero attached hydrogens (tertiary/aromatic N) is 3. The van der Waals surface area contributed by atoms with Gasteiger partial charge in [0.1, 0.15) is 23.3 Å². The molecule has 0 spiro atoms. The Morgan fingerprint density at radius 2 is 2.00 bits per heavy atom. The summed E-state index contributed by atoms with van der Waals surface area (Å²) < 4.78 is 5.85. The topological polar surface area (TPSA) is 47.9 Å². The summed E-state index contributed by atoms with van der Waals surface area (Å²) in [5.41, 5.74) is 3.75. The van der Waals surface area contributed by atoms with Crippen LogP contribution in [0.2, 0.25) is 0 Å². The molecule has 0 amide bonds. The molecule has 0 saturated carbocycles. The van der Waals surface area contributed by atoms with E-state index in [4.69, 9.17) is 4.74 Å². The minimum atomic E-state index is 0.274. The SMILES string of the molecule is CC(C)c1nc2cscc2nc1OCc1cccnc1. The van der Waals surface area contributed by atoms with Crippen molar-refractivity contribution in [1.82, 2.24) is 15.0 Å². The number of ether oxygens (including phenoxy) is 1. The first-order chi connectivity index (χ1) is 9.74. The Kier molecular flexibility index (Phi) is 3.60. The summed E-state index contributed by atoms with van der Waals surface area (Å²) in [4.78, 5) is 13.3. The van der Waals surface area contributed by atoms with Crippen LogP contribution in [0.3, 0.4) is 0 Å². The highest BCUT2D eigenvalue weighted by Crippen LogP contribution is 2.27. The van der Waals surface area contributed by atoms with E-state index < -0.39 is 0 Å². The molecule has 0 unspecified atom stereocenters. The third-order valence-electron chi connectivity index (χ3n) is 2.95. The van der Waals surface area contributed by atoms with Gasteiger partial charge in [0.15, 0.2) is 0 Å². The zero-order valence-corrected chi connectivity index (χ0v) is 12.2. The van der Waals surface area contributed by atoms with Crippen molar-refractivity contribution in [2.24, 2.45) is 0 Å². The molecule has 0 aliphatic rings. The molecule has 4 nitrogen and oxygen atoms in total. The summed E-state index contributed by atoms with van der Waals surface area (Å²) in [7, 11) is 0. The molecule has 0 aliphatic heterocycles. The van der Waals surface area contributed by atoms with Gasteiger partial charge < -0.3 is 4.74 Å². The van der Waals surface area contributed by atoms with E-state index in [1.165, 1.54) is 0 Å². The lowest BCUT2D eigenvalue weighted by Gasteiger charge is -2.12. The average molecular weight is 285 g/mol. The fourth-order valence-electron chi connectivity index (χ4n) is 1.91. The minimum absolute atomic E-state index is 0.274. The lowest BCUT2D eigenvalue weighted by molar-refractivity contribution is 0.288. The number of aromatic nitrogens is 3. The predicted octanol–water partition coefficient (Wildman–Crippen LogP) is 3.79. The number of rotatable bonds is 4. The molecule has 3 aromatic heterocycles. The van der Waals surface area contributed by atoms with E-state index in [0.717, 1.165) is 22.3 Å². The van der Waals surface area contributed by atoms with Gasteiger partial charge in [0.05, 0.1) is 0 Å². The van der Waals surface area contributed by atoms with Gasteiger partial charge in [0, 0.05) is 34.6 Å². The van der Waals surface area contributed by atoms with E-state index in [9.17, 15) is 0 Å². The summed E-state index contributed by atoms with van der Waals surface area (Å²) in [6.45, 7) is 4.65. The van der Waals surface area contributed by atoms with Crippen LogP contribution in [0.5, 0.6) is 5.88 Å². The first-order valence-corrected chi connectivity index (χ1v) is 7.44. The fourth-order valence-corrected chi connectivity index (χ4v) is 2.59. The Morgan fingerprint density at radius 3 is 2.70 bits per heavy atom. The highest BCUT2D eigenvalue weighted by Gasteiger charge is 2.14. The van der Waals surface area contributed by atoms with Gasteiger partial charge in [-0.25, -0.2) is 9.97 Å². The number of thiophene rings is 1. The van der Waals surface area contributed by atoms with Crippen molar-refractivity contribution in [1.29, 1.82) is 0 Å². The maximum atomic E-state index is 5.85. The molecule has 102 valence electrons. The molecule has 0 saturated heterocycles. The average Bonchev–Trinajstić information content (AvgIpc) is 2.92. The molecule has 0 N–H and O–H groups in total. The predicted molar refractivity (Wildman–Crippen MR) is 80.1 cm³/mol. The van der Waals surface area contributed by atoms with Crippen molar-refractivity contribution in [3.8, 4) is 5.88 Å². The molecule has 0 atom stereocenters. The molecular formula is C15H15N3OS. The Bertz CT molecular complexity index is 709. The Balaban J connectivity index is 1.90. The van der Waals surface area contributed by atoms with Crippen molar-refractivity contribution >= 4 is 22.4 Å². The van der Waals surface area contributed by atoms with Gasteiger partial charge in [0.25, 0.3) is 0 Å². The molecule has 0 bridgehead atoms. The first-order valence-electron chi connectivity index (χ1n) is 6.49. The van der Waals surface area contributed by atoms with Gasteiger partial charge in [-0.15, -0.1) is 11.3 Å². The van der Waals surface area contributed by atoms with Gasteiger partial charge in [-0.2, -0.15) is 0 Å². The second-order valence-corrected chi connectivity index (χ2v) is 5.60. The Hall–Kier alpha value is -2.01. The Labute approximate surface area is 121 Å². The lowest BCUT2D eigenvalue weighted by atomic mass is 10.1. The number of fused-ring (bicyclic) bond motifs is 1. The van der Waals surface area contributed by atoms with Crippen LogP contribution < -0.4 is 4.74 Å². The molecular weight excluding hydrogens is 270 g/mol. The normalized spacial score (nSPS) is 11.2. The zero-order chi connectivity index (χ0) is 13.9. The summed E-state index contributed by atoms with van der Waals surface area (Å²) in [5, 5.41) is 4.00. The minimum Gasteiger partial charge on any atom is -0.471 e. The fraction of sp³-hybridized carbons (Fsp3) is 0.267. The van der Waals surface area contributed by atoms with E-state index in [0.29, 0.717) is 12.5 Å². The van der Waals surface area contributed by atoms with Crippen LogP contribution in [0.1, 0.15) is 31.0 Å². The standard InChI is InChI=1S/C15H15N3OS/c1-10(2)14-15(18-13-9-20-8-12(13)17-14)19-7-11-4-3-5-16-6-11/h3-6,8-10H,7H2,1-2H3. The summed E-state index contributed by atoms with van der Waals surface area (Å²) >= 11 is 1.61. The number of pyridine rings is 1. The molecule has 3 heterocycles. The zero-order valence-electron chi connectivity index (χ0n) is 11.4. The van der Waals surface area contributed by atoms with Gasteiger partial charge in [-0.1, -0.05) is 19.9 Å². The molecule has 3 aromatic rings. The monoisotopic (exact) mass is 285 g/mol. The van der Waals surface area contributed by atoms with Crippen molar-refractivity contribution in [3.63, 3.8) is 0 Å². The van der Waals surface area contributed by atoms with Crippen LogP contribution >= 0.6 is 11.3 Å². The van der Waals surface area contributed by atoms with Crippen molar-refractivity contribution in [3.05, 3.63) is 46.5 Å².